The summed E-state index contributed by atoms with van der Waals surface area (Å²) in [6.45, 7) is 5.32. The van der Waals surface area contributed by atoms with Crippen molar-refractivity contribution in [2.24, 2.45) is 0 Å². The zero-order valence-electron chi connectivity index (χ0n) is 15.4. The van der Waals surface area contributed by atoms with Gasteiger partial charge in [-0.15, -0.1) is 0 Å². The van der Waals surface area contributed by atoms with E-state index in [1.807, 2.05) is 18.2 Å². The summed E-state index contributed by atoms with van der Waals surface area (Å²) in [6, 6.07) is 0. The van der Waals surface area contributed by atoms with Crippen LogP contribution in [0.1, 0.15) is 26.7 Å². The van der Waals surface area contributed by atoms with Crippen molar-refractivity contribution in [2.75, 3.05) is 42.7 Å². The number of nitrogens with two attached hydrogens (primary N) is 2. The first-order valence-electron chi connectivity index (χ1n) is 8.71. The molecule has 4 atom stereocenters. The summed E-state index contributed by atoms with van der Waals surface area (Å²) in [5.41, 5.74) is 10.7. The van der Waals surface area contributed by atoms with E-state index in [1.54, 1.807) is 7.11 Å². The van der Waals surface area contributed by atoms with Crippen LogP contribution in [0.3, 0.4) is 0 Å². The summed E-state index contributed by atoms with van der Waals surface area (Å²) < 4.78 is 25.2. The van der Waals surface area contributed by atoms with Gasteiger partial charge >= 0.3 is 0 Å². The smallest absolute Gasteiger partial charge is 0.277 e. The van der Waals surface area contributed by atoms with Crippen LogP contribution in [0.5, 0.6) is 0 Å². The molecule has 1 aromatic rings. The van der Waals surface area contributed by atoms with Crippen molar-refractivity contribution in [3.8, 4) is 0 Å². The monoisotopic (exact) mass is 388 g/mol. The first-order valence-corrected chi connectivity index (χ1v) is 9.99. The zero-order chi connectivity index (χ0) is 19.3. The highest BCUT2D eigenvalue weighted by Crippen LogP contribution is 2.27. The van der Waals surface area contributed by atoms with Crippen LogP contribution in [-0.4, -0.2) is 62.9 Å². The SMILES string of the molecule is CC.CO[C@H]1CC(Nc2nc(N)[nH]c(=O)c2N)OC1CN1CCCS1=O. The molecule has 6 N–H and O–H groups in total. The van der Waals surface area contributed by atoms with Crippen molar-refractivity contribution in [3.63, 3.8) is 0 Å². The van der Waals surface area contributed by atoms with Gasteiger partial charge in [0.1, 0.15) is 18.0 Å². The lowest BCUT2D eigenvalue weighted by molar-refractivity contribution is -0.00636. The highest BCUT2D eigenvalue weighted by molar-refractivity contribution is 7.82. The van der Waals surface area contributed by atoms with Crippen molar-refractivity contribution in [3.05, 3.63) is 10.4 Å². The quantitative estimate of drug-likeness (QED) is 0.545. The van der Waals surface area contributed by atoms with Crippen LogP contribution in [0, 0.1) is 0 Å². The van der Waals surface area contributed by atoms with Crippen LogP contribution in [0.15, 0.2) is 4.79 Å². The summed E-state index contributed by atoms with van der Waals surface area (Å²) in [6.07, 6.45) is 0.670. The van der Waals surface area contributed by atoms with Gasteiger partial charge in [-0.25, -0.2) is 8.51 Å². The molecule has 2 aliphatic heterocycles. The van der Waals surface area contributed by atoms with Gasteiger partial charge in [0.05, 0.1) is 17.1 Å². The molecule has 10 nitrogen and oxygen atoms in total. The number of methoxy groups -OCH3 is 1. The van der Waals surface area contributed by atoms with Gasteiger partial charge in [0.2, 0.25) is 5.95 Å². The highest BCUT2D eigenvalue weighted by atomic mass is 32.2. The van der Waals surface area contributed by atoms with Crippen LogP contribution in [0.25, 0.3) is 0 Å². The number of nitrogens with one attached hydrogen (secondary N) is 2. The Morgan fingerprint density at radius 3 is 2.81 bits per heavy atom. The van der Waals surface area contributed by atoms with E-state index in [4.69, 9.17) is 20.9 Å². The van der Waals surface area contributed by atoms with Gasteiger partial charge in [-0.1, -0.05) is 13.8 Å². The summed E-state index contributed by atoms with van der Waals surface area (Å²) >= 11 is 0. The van der Waals surface area contributed by atoms with Crippen LogP contribution in [0.2, 0.25) is 0 Å². The summed E-state index contributed by atoms with van der Waals surface area (Å²) in [5, 5.41) is 2.99. The normalized spacial score (nSPS) is 28.6. The van der Waals surface area contributed by atoms with Crippen molar-refractivity contribution < 1.29 is 13.7 Å². The van der Waals surface area contributed by atoms with Gasteiger partial charge in [0.15, 0.2) is 5.82 Å². The molecule has 0 bridgehead atoms. The fraction of sp³-hybridized carbons (Fsp3) is 0.733. The van der Waals surface area contributed by atoms with E-state index < -0.39 is 22.8 Å². The molecule has 2 aliphatic rings. The van der Waals surface area contributed by atoms with E-state index in [0.29, 0.717) is 18.7 Å². The number of H-pyrrole nitrogens is 1. The Hall–Kier alpha value is -1.69. The fourth-order valence-corrected chi connectivity index (χ4v) is 4.23. The molecule has 2 saturated heterocycles. The minimum absolute atomic E-state index is 0.0259. The zero-order valence-corrected chi connectivity index (χ0v) is 16.2. The number of hydrogen-bond acceptors (Lipinski definition) is 8. The number of hydrogen-bond donors (Lipinski definition) is 4. The Morgan fingerprint density at radius 1 is 1.46 bits per heavy atom. The fourth-order valence-electron chi connectivity index (χ4n) is 2.95. The number of aromatic amines is 1. The maximum Gasteiger partial charge on any atom is 0.277 e. The molecule has 0 aliphatic carbocycles. The Kier molecular flexibility index (Phi) is 7.38. The Bertz CT molecular complexity index is 685. The number of ether oxygens (including phenoxy) is 2. The standard InChI is InChI=1S/C13H22N6O4S.C2H6/c1-22-7-5-9(16-11-10(14)12(20)18-13(15)17-11)23-8(7)6-19-3-2-4-24(19)21;1-2/h7-9H,2-6,14H2,1H3,(H4,15,16,17,18,20);1-2H3/t7-,8?,9?,24?;/m0./s1. The molecule has 3 rings (SSSR count). The second-order valence-electron chi connectivity index (χ2n) is 5.80. The molecule has 148 valence electrons. The third-order valence-electron chi connectivity index (χ3n) is 4.17. The van der Waals surface area contributed by atoms with Crippen LogP contribution in [0.4, 0.5) is 17.5 Å². The minimum atomic E-state index is -0.950. The van der Waals surface area contributed by atoms with Crippen LogP contribution in [-0.2, 0) is 20.5 Å². The first kappa shape index (κ1) is 20.6. The van der Waals surface area contributed by atoms with E-state index in [-0.39, 0.29) is 29.7 Å². The third kappa shape index (κ3) is 4.72. The predicted octanol–water partition coefficient (Wildman–Crippen LogP) is -0.128. The van der Waals surface area contributed by atoms with Gasteiger partial charge in [-0.2, -0.15) is 4.98 Å². The van der Waals surface area contributed by atoms with E-state index in [0.717, 1.165) is 13.0 Å². The highest BCUT2D eigenvalue weighted by Gasteiger charge is 2.38. The number of nitrogen functional groups attached to an aromatic ring is 2. The molecule has 0 spiro atoms. The topological polar surface area (TPSA) is 149 Å². The molecular weight excluding hydrogens is 360 g/mol. The lowest BCUT2D eigenvalue weighted by Crippen LogP contribution is -2.37. The largest absolute Gasteiger partial charge is 0.391 e. The molecule has 11 heteroatoms. The predicted molar refractivity (Wildman–Crippen MR) is 102 cm³/mol. The summed E-state index contributed by atoms with van der Waals surface area (Å²) in [7, 11) is 0.664. The molecule has 0 saturated carbocycles. The molecule has 0 amide bonds. The van der Waals surface area contributed by atoms with Gasteiger partial charge < -0.3 is 26.3 Å². The maximum atomic E-state index is 11.9. The van der Waals surface area contributed by atoms with Gasteiger partial charge in [0, 0.05) is 32.4 Å². The van der Waals surface area contributed by atoms with Crippen LogP contribution >= 0.6 is 0 Å². The lowest BCUT2D eigenvalue weighted by Gasteiger charge is -2.22. The molecule has 3 heterocycles. The summed E-state index contributed by atoms with van der Waals surface area (Å²) in [4.78, 5) is 18.0. The second-order valence-corrected chi connectivity index (χ2v) is 7.37. The number of anilines is 3. The van der Waals surface area contributed by atoms with E-state index in [1.165, 1.54) is 0 Å². The molecule has 26 heavy (non-hydrogen) atoms. The maximum absolute atomic E-state index is 11.9. The number of nitrogens with zero attached hydrogens (tertiary/aromatic N) is 2. The van der Waals surface area contributed by atoms with Crippen LogP contribution < -0.4 is 22.3 Å². The van der Waals surface area contributed by atoms with E-state index >= 15 is 0 Å². The first-order chi connectivity index (χ1) is 12.5. The van der Waals surface area contributed by atoms with Gasteiger partial charge in [0.25, 0.3) is 5.56 Å². The van der Waals surface area contributed by atoms with Crippen molar-refractivity contribution in [2.45, 2.75) is 45.1 Å². The molecule has 0 aromatic carbocycles. The van der Waals surface area contributed by atoms with Crippen molar-refractivity contribution in [1.29, 1.82) is 0 Å². The summed E-state index contributed by atoms with van der Waals surface area (Å²) in [5.74, 6) is 0.849. The minimum Gasteiger partial charge on any atom is -0.391 e. The molecular formula is C15H28N6O4S. The Labute approximate surface area is 155 Å². The molecule has 0 radical (unpaired) electrons. The second kappa shape index (κ2) is 9.31. The average Bonchev–Trinajstić information content (AvgIpc) is 3.20. The Morgan fingerprint density at radius 2 is 2.19 bits per heavy atom. The average molecular weight is 388 g/mol. The van der Waals surface area contributed by atoms with Crippen molar-refractivity contribution >= 4 is 28.4 Å². The Balaban J connectivity index is 0.00000117. The van der Waals surface area contributed by atoms with Gasteiger partial charge in [-0.05, 0) is 6.42 Å². The third-order valence-corrected chi connectivity index (χ3v) is 5.72. The van der Waals surface area contributed by atoms with Gasteiger partial charge in [-0.3, -0.25) is 9.78 Å². The molecule has 1 aromatic heterocycles. The van der Waals surface area contributed by atoms with E-state index in [9.17, 15) is 9.00 Å². The van der Waals surface area contributed by atoms with E-state index in [2.05, 4.69) is 15.3 Å². The lowest BCUT2D eigenvalue weighted by atomic mass is 10.1. The number of aromatic nitrogens is 2. The van der Waals surface area contributed by atoms with Crippen molar-refractivity contribution in [1.82, 2.24) is 14.3 Å². The molecule has 3 unspecified atom stereocenters. The molecule has 2 fully saturated rings. The number of rotatable bonds is 5.